The molecule has 0 amide bonds. The Bertz CT molecular complexity index is 321. The number of carbonyl (C=O) groups is 1. The molecule has 0 aromatic heterocycles. The summed E-state index contributed by atoms with van der Waals surface area (Å²) < 4.78 is 4.84. The number of nitrogens with two attached hydrogens (primary N) is 1. The van der Waals surface area contributed by atoms with Crippen molar-refractivity contribution >= 4 is 11.7 Å². The van der Waals surface area contributed by atoms with Gasteiger partial charge in [-0.25, -0.2) is 4.79 Å². The monoisotopic (exact) mass is 209 g/mol. The molecule has 3 heteroatoms. The van der Waals surface area contributed by atoms with Gasteiger partial charge >= 0.3 is 5.97 Å². The largest absolute Gasteiger partial charge is 0.462 e. The molecule has 0 spiro atoms. The molecule has 84 valence electrons. The summed E-state index contributed by atoms with van der Waals surface area (Å²) in [6.07, 6.45) is 0. The zero-order valence-corrected chi connectivity index (χ0v) is 9.83. The Labute approximate surface area is 91.2 Å². The van der Waals surface area contributed by atoms with Crippen LogP contribution in [0.3, 0.4) is 0 Å². The van der Waals surface area contributed by atoms with Gasteiger partial charge in [-0.15, -0.1) is 0 Å². The van der Waals surface area contributed by atoms with Crippen molar-refractivity contribution in [1.29, 1.82) is 0 Å². The van der Waals surface area contributed by atoms with Crippen molar-refractivity contribution in [3.8, 4) is 0 Å². The van der Waals surface area contributed by atoms with Crippen molar-refractivity contribution in [2.75, 3.05) is 12.3 Å². The molecule has 0 radical (unpaired) electrons. The molecule has 15 heavy (non-hydrogen) atoms. The number of benzene rings is 1. The highest BCUT2D eigenvalue weighted by Gasteiger charge is 2.10. The third-order valence-electron chi connectivity index (χ3n) is 1.82. The van der Waals surface area contributed by atoms with E-state index in [1.165, 1.54) is 0 Å². The first kappa shape index (κ1) is 13.5. The first-order valence-corrected chi connectivity index (χ1v) is 5.19. The second-order valence-electron chi connectivity index (χ2n) is 2.76. The minimum absolute atomic E-state index is 0.358. The molecule has 0 fully saturated rings. The second kappa shape index (κ2) is 6.87. The SMILES string of the molecule is CC.CCOC(=O)c1cccc(C)c1N. The fraction of sp³-hybridized carbons (Fsp3) is 0.417. The summed E-state index contributed by atoms with van der Waals surface area (Å²) in [6.45, 7) is 7.99. The third-order valence-corrected chi connectivity index (χ3v) is 1.82. The Morgan fingerprint density at radius 1 is 1.40 bits per heavy atom. The lowest BCUT2D eigenvalue weighted by molar-refractivity contribution is 0.0527. The fourth-order valence-electron chi connectivity index (χ4n) is 1.07. The number of ether oxygens (including phenoxy) is 1. The maximum absolute atomic E-state index is 11.3. The molecule has 0 saturated carbocycles. The molecular formula is C12H19NO2. The van der Waals surface area contributed by atoms with E-state index in [1.807, 2.05) is 26.8 Å². The van der Waals surface area contributed by atoms with Crippen molar-refractivity contribution in [1.82, 2.24) is 0 Å². The molecule has 1 rings (SSSR count). The average molecular weight is 209 g/mol. The zero-order chi connectivity index (χ0) is 11.8. The molecule has 0 saturated heterocycles. The predicted molar refractivity (Wildman–Crippen MR) is 62.9 cm³/mol. The lowest BCUT2D eigenvalue weighted by Crippen LogP contribution is -2.08. The van der Waals surface area contributed by atoms with Crippen LogP contribution in [0.4, 0.5) is 5.69 Å². The summed E-state index contributed by atoms with van der Waals surface area (Å²) in [5.74, 6) is -0.358. The molecule has 0 aliphatic carbocycles. The summed E-state index contributed by atoms with van der Waals surface area (Å²) in [6, 6.07) is 5.32. The molecule has 0 aliphatic rings. The van der Waals surface area contributed by atoms with Crippen LogP contribution >= 0.6 is 0 Å². The van der Waals surface area contributed by atoms with E-state index in [4.69, 9.17) is 10.5 Å². The summed E-state index contributed by atoms with van der Waals surface area (Å²) in [5.41, 5.74) is 7.55. The Kier molecular flexibility index (Phi) is 6.18. The molecule has 3 nitrogen and oxygen atoms in total. The number of hydrogen-bond donors (Lipinski definition) is 1. The molecule has 0 unspecified atom stereocenters. The number of carbonyl (C=O) groups excluding carboxylic acids is 1. The highest BCUT2D eigenvalue weighted by atomic mass is 16.5. The molecule has 0 aliphatic heterocycles. The van der Waals surface area contributed by atoms with E-state index in [9.17, 15) is 4.79 Å². The fourth-order valence-corrected chi connectivity index (χ4v) is 1.07. The van der Waals surface area contributed by atoms with Gasteiger partial charge in [0.15, 0.2) is 0 Å². The maximum atomic E-state index is 11.3. The number of rotatable bonds is 2. The highest BCUT2D eigenvalue weighted by Crippen LogP contribution is 2.16. The summed E-state index contributed by atoms with van der Waals surface area (Å²) in [5, 5.41) is 0. The van der Waals surface area contributed by atoms with Gasteiger partial charge in [0, 0.05) is 5.69 Å². The summed E-state index contributed by atoms with van der Waals surface area (Å²) in [4.78, 5) is 11.3. The normalized spacial score (nSPS) is 8.80. The first-order valence-electron chi connectivity index (χ1n) is 5.19. The van der Waals surface area contributed by atoms with Gasteiger partial charge in [-0.1, -0.05) is 26.0 Å². The van der Waals surface area contributed by atoms with Crippen LogP contribution in [0.25, 0.3) is 0 Å². The van der Waals surface area contributed by atoms with Gasteiger partial charge in [-0.2, -0.15) is 0 Å². The number of para-hydroxylation sites is 1. The lowest BCUT2D eigenvalue weighted by Gasteiger charge is -2.06. The van der Waals surface area contributed by atoms with Crippen molar-refractivity contribution in [3.05, 3.63) is 29.3 Å². The van der Waals surface area contributed by atoms with Crippen LogP contribution in [0.1, 0.15) is 36.7 Å². The van der Waals surface area contributed by atoms with E-state index in [2.05, 4.69) is 0 Å². The number of nitrogen functional groups attached to an aromatic ring is 1. The van der Waals surface area contributed by atoms with Crippen molar-refractivity contribution < 1.29 is 9.53 Å². The number of aryl methyl sites for hydroxylation is 1. The standard InChI is InChI=1S/C10H13NO2.C2H6/c1-3-13-10(12)8-6-4-5-7(2)9(8)11;1-2/h4-6H,3,11H2,1-2H3;1-2H3. The van der Waals surface area contributed by atoms with E-state index in [0.717, 1.165) is 5.56 Å². The Balaban J connectivity index is 0.000000921. The smallest absolute Gasteiger partial charge is 0.340 e. The Hall–Kier alpha value is -1.51. The molecule has 0 heterocycles. The molecular weight excluding hydrogens is 190 g/mol. The van der Waals surface area contributed by atoms with Gasteiger partial charge in [0.2, 0.25) is 0 Å². The van der Waals surface area contributed by atoms with E-state index in [0.29, 0.717) is 17.9 Å². The van der Waals surface area contributed by atoms with Crippen molar-refractivity contribution in [2.45, 2.75) is 27.7 Å². The van der Waals surface area contributed by atoms with Crippen LogP contribution in [0, 0.1) is 6.92 Å². The predicted octanol–water partition coefficient (Wildman–Crippen LogP) is 2.78. The number of hydrogen-bond acceptors (Lipinski definition) is 3. The molecule has 1 aromatic carbocycles. The van der Waals surface area contributed by atoms with Crippen LogP contribution in [0.5, 0.6) is 0 Å². The quantitative estimate of drug-likeness (QED) is 0.602. The third kappa shape index (κ3) is 3.62. The molecule has 0 atom stereocenters. The molecule has 0 bridgehead atoms. The molecule has 1 aromatic rings. The minimum atomic E-state index is -0.358. The Morgan fingerprint density at radius 2 is 2.00 bits per heavy atom. The van der Waals surface area contributed by atoms with Gasteiger partial charge < -0.3 is 10.5 Å². The topological polar surface area (TPSA) is 52.3 Å². The average Bonchev–Trinajstić information content (AvgIpc) is 2.25. The number of anilines is 1. The van der Waals surface area contributed by atoms with Crippen LogP contribution in [-0.4, -0.2) is 12.6 Å². The van der Waals surface area contributed by atoms with E-state index < -0.39 is 0 Å². The Morgan fingerprint density at radius 3 is 2.53 bits per heavy atom. The van der Waals surface area contributed by atoms with Gasteiger partial charge in [-0.3, -0.25) is 0 Å². The van der Waals surface area contributed by atoms with Gasteiger partial charge in [0.05, 0.1) is 12.2 Å². The summed E-state index contributed by atoms with van der Waals surface area (Å²) in [7, 11) is 0. The number of esters is 1. The molecule has 2 N–H and O–H groups in total. The highest BCUT2D eigenvalue weighted by molar-refractivity contribution is 5.95. The van der Waals surface area contributed by atoms with E-state index in [-0.39, 0.29) is 5.97 Å². The van der Waals surface area contributed by atoms with Gasteiger partial charge in [-0.05, 0) is 25.5 Å². The van der Waals surface area contributed by atoms with E-state index >= 15 is 0 Å². The van der Waals surface area contributed by atoms with Crippen molar-refractivity contribution in [2.24, 2.45) is 0 Å². The summed E-state index contributed by atoms with van der Waals surface area (Å²) >= 11 is 0. The van der Waals surface area contributed by atoms with Crippen LogP contribution in [0.2, 0.25) is 0 Å². The lowest BCUT2D eigenvalue weighted by atomic mass is 10.1. The first-order chi connectivity index (χ1) is 7.16. The van der Waals surface area contributed by atoms with Crippen LogP contribution in [0.15, 0.2) is 18.2 Å². The second-order valence-corrected chi connectivity index (χ2v) is 2.76. The maximum Gasteiger partial charge on any atom is 0.340 e. The van der Waals surface area contributed by atoms with Crippen LogP contribution < -0.4 is 5.73 Å². The van der Waals surface area contributed by atoms with E-state index in [1.54, 1.807) is 19.1 Å². The van der Waals surface area contributed by atoms with Gasteiger partial charge in [0.25, 0.3) is 0 Å². The minimum Gasteiger partial charge on any atom is -0.462 e. The van der Waals surface area contributed by atoms with Crippen molar-refractivity contribution in [3.63, 3.8) is 0 Å². The van der Waals surface area contributed by atoms with Crippen LogP contribution in [-0.2, 0) is 4.74 Å². The zero-order valence-electron chi connectivity index (χ0n) is 9.83. The van der Waals surface area contributed by atoms with Gasteiger partial charge in [0.1, 0.15) is 0 Å².